The molecule has 7 heteroatoms. The number of aliphatic carboxylic acids is 1. The third-order valence-electron chi connectivity index (χ3n) is 3.22. The van der Waals surface area contributed by atoms with Crippen LogP contribution < -0.4 is 5.32 Å². The Hall–Kier alpha value is -1.44. The van der Waals surface area contributed by atoms with Crippen molar-refractivity contribution in [1.29, 1.82) is 0 Å². The maximum absolute atomic E-state index is 11.5. The van der Waals surface area contributed by atoms with Crippen LogP contribution in [0.4, 0.5) is 0 Å². The van der Waals surface area contributed by atoms with Gasteiger partial charge in [-0.25, -0.2) is 4.79 Å². The highest BCUT2D eigenvalue weighted by Crippen LogP contribution is 2.33. The molecule has 0 saturated carbocycles. The molecular formula is C11H13NO5S. The fourth-order valence-electron chi connectivity index (χ4n) is 2.21. The molecule has 1 saturated heterocycles. The highest BCUT2D eigenvalue weighted by atomic mass is 32.2. The molecule has 0 bridgehead atoms. The largest absolute Gasteiger partial charge is 0.480 e. The van der Waals surface area contributed by atoms with Gasteiger partial charge in [-0.05, 0) is 5.56 Å². The Bertz CT molecular complexity index is 556. The number of rotatable bonds is 3. The van der Waals surface area contributed by atoms with E-state index in [-0.39, 0.29) is 13.0 Å². The molecule has 1 aromatic rings. The number of hydrogen-bond acceptors (Lipinski definition) is 4. The van der Waals surface area contributed by atoms with Gasteiger partial charge in [0.1, 0.15) is 10.8 Å². The summed E-state index contributed by atoms with van der Waals surface area (Å²) in [6.45, 7) is -0.0833. The zero-order chi connectivity index (χ0) is 13.4. The van der Waals surface area contributed by atoms with Gasteiger partial charge >= 0.3 is 5.97 Å². The van der Waals surface area contributed by atoms with Crippen LogP contribution in [0.25, 0.3) is 0 Å². The Morgan fingerprint density at radius 1 is 1.33 bits per heavy atom. The van der Waals surface area contributed by atoms with Gasteiger partial charge in [-0.15, -0.1) is 0 Å². The van der Waals surface area contributed by atoms with Crippen molar-refractivity contribution in [1.82, 2.24) is 5.32 Å². The molecule has 1 aromatic carbocycles. The smallest absolute Gasteiger partial charge is 0.328 e. The minimum atomic E-state index is -4.24. The van der Waals surface area contributed by atoms with Gasteiger partial charge in [-0.2, -0.15) is 8.42 Å². The van der Waals surface area contributed by atoms with Gasteiger partial charge in [0.05, 0.1) is 0 Å². The third-order valence-corrected chi connectivity index (χ3v) is 4.39. The molecule has 0 aliphatic carbocycles. The Morgan fingerprint density at radius 2 is 1.94 bits per heavy atom. The first-order chi connectivity index (χ1) is 8.36. The van der Waals surface area contributed by atoms with E-state index >= 15 is 0 Å². The number of carboxylic acid groups (broad SMARTS) is 1. The van der Waals surface area contributed by atoms with Crippen molar-refractivity contribution in [2.45, 2.75) is 17.2 Å². The van der Waals surface area contributed by atoms with Gasteiger partial charge in [0.2, 0.25) is 0 Å². The second kappa shape index (κ2) is 4.34. The summed E-state index contributed by atoms with van der Waals surface area (Å²) in [7, 11) is -4.24. The van der Waals surface area contributed by atoms with Gasteiger partial charge in [-0.1, -0.05) is 30.3 Å². The van der Waals surface area contributed by atoms with Crippen LogP contribution in [0.2, 0.25) is 0 Å². The van der Waals surface area contributed by atoms with Crippen molar-refractivity contribution in [2.75, 3.05) is 6.54 Å². The Labute approximate surface area is 104 Å². The maximum Gasteiger partial charge on any atom is 0.328 e. The summed E-state index contributed by atoms with van der Waals surface area (Å²) in [4.78, 5) is 11.5. The van der Waals surface area contributed by atoms with Gasteiger partial charge in [-0.3, -0.25) is 9.87 Å². The van der Waals surface area contributed by atoms with E-state index in [4.69, 9.17) is 4.55 Å². The molecule has 0 unspecified atom stereocenters. The molecule has 2 rings (SSSR count). The highest BCUT2D eigenvalue weighted by Gasteiger charge is 2.50. The Morgan fingerprint density at radius 3 is 2.39 bits per heavy atom. The summed E-state index contributed by atoms with van der Waals surface area (Å²) in [5.74, 6) is -1.15. The van der Waals surface area contributed by atoms with Crippen LogP contribution in [0.1, 0.15) is 12.0 Å². The summed E-state index contributed by atoms with van der Waals surface area (Å²) in [5.41, 5.74) is -0.981. The molecule has 1 heterocycles. The first-order valence-electron chi connectivity index (χ1n) is 5.36. The predicted octanol–water partition coefficient (Wildman–Crippen LogP) is 0.216. The second-order valence-electron chi connectivity index (χ2n) is 4.30. The van der Waals surface area contributed by atoms with Crippen LogP contribution in [0, 0.1) is 0 Å². The van der Waals surface area contributed by atoms with Crippen LogP contribution in [0.15, 0.2) is 30.3 Å². The van der Waals surface area contributed by atoms with E-state index in [9.17, 15) is 18.3 Å². The average molecular weight is 271 g/mol. The molecule has 2 atom stereocenters. The zero-order valence-corrected chi connectivity index (χ0v) is 10.2. The molecule has 98 valence electrons. The molecular weight excluding hydrogens is 258 g/mol. The van der Waals surface area contributed by atoms with Crippen molar-refractivity contribution >= 4 is 16.1 Å². The molecule has 1 aliphatic heterocycles. The topological polar surface area (TPSA) is 104 Å². The second-order valence-corrected chi connectivity index (χ2v) is 6.00. The lowest BCUT2D eigenvalue weighted by atomic mass is 9.88. The number of benzene rings is 1. The fraction of sp³-hybridized carbons (Fsp3) is 0.364. The molecule has 0 radical (unpaired) electrons. The summed E-state index contributed by atoms with van der Waals surface area (Å²) in [6, 6.07) is 8.35. The van der Waals surface area contributed by atoms with E-state index in [0.717, 1.165) is 0 Å². The molecule has 0 spiro atoms. The summed E-state index contributed by atoms with van der Waals surface area (Å²) in [6.07, 6.45) is -0.189. The number of nitrogens with one attached hydrogen (secondary N) is 1. The van der Waals surface area contributed by atoms with Gasteiger partial charge in [0.25, 0.3) is 10.1 Å². The first-order valence-corrected chi connectivity index (χ1v) is 6.87. The van der Waals surface area contributed by atoms with E-state index in [2.05, 4.69) is 5.32 Å². The first kappa shape index (κ1) is 13.0. The summed E-state index contributed by atoms with van der Waals surface area (Å²) >= 11 is 0. The van der Waals surface area contributed by atoms with E-state index in [1.165, 1.54) is 0 Å². The normalized spacial score (nSPS) is 28.2. The zero-order valence-electron chi connectivity index (χ0n) is 9.41. The van der Waals surface area contributed by atoms with Crippen molar-refractivity contribution < 1.29 is 22.9 Å². The van der Waals surface area contributed by atoms with Crippen molar-refractivity contribution in [3.8, 4) is 0 Å². The standard InChI is InChI=1S/C11H13NO5S/c13-10(14)11(8-4-2-1-3-5-8)6-9(7-12-11)18(15,16)17/h1-5,9,12H,6-7H2,(H,13,14)(H,15,16,17)/t9-,11-/m1/s1. The fourth-order valence-corrected chi connectivity index (χ4v) is 2.97. The number of carboxylic acids is 1. The van der Waals surface area contributed by atoms with E-state index in [0.29, 0.717) is 5.56 Å². The van der Waals surface area contributed by atoms with Gasteiger partial charge < -0.3 is 5.11 Å². The molecule has 18 heavy (non-hydrogen) atoms. The summed E-state index contributed by atoms with van der Waals surface area (Å²) < 4.78 is 31.2. The van der Waals surface area contributed by atoms with E-state index < -0.39 is 26.9 Å². The van der Waals surface area contributed by atoms with Crippen LogP contribution in [-0.4, -0.2) is 35.8 Å². The minimum absolute atomic E-state index is 0.0833. The monoisotopic (exact) mass is 271 g/mol. The predicted molar refractivity (Wildman–Crippen MR) is 63.7 cm³/mol. The lowest BCUT2D eigenvalue weighted by Crippen LogP contribution is -2.44. The van der Waals surface area contributed by atoms with Crippen LogP contribution in [-0.2, 0) is 20.5 Å². The van der Waals surface area contributed by atoms with Gasteiger partial charge in [0.15, 0.2) is 0 Å². The molecule has 3 N–H and O–H groups in total. The Balaban J connectivity index is 2.41. The van der Waals surface area contributed by atoms with Crippen LogP contribution in [0.5, 0.6) is 0 Å². The molecule has 1 aliphatic rings. The maximum atomic E-state index is 11.5. The average Bonchev–Trinajstić information content (AvgIpc) is 2.76. The van der Waals surface area contributed by atoms with Crippen LogP contribution >= 0.6 is 0 Å². The lowest BCUT2D eigenvalue weighted by molar-refractivity contribution is -0.144. The van der Waals surface area contributed by atoms with E-state index in [1.54, 1.807) is 30.3 Å². The van der Waals surface area contributed by atoms with Crippen molar-refractivity contribution in [3.05, 3.63) is 35.9 Å². The summed E-state index contributed by atoms with van der Waals surface area (Å²) in [5, 5.41) is 11.0. The van der Waals surface area contributed by atoms with Crippen molar-refractivity contribution in [3.63, 3.8) is 0 Å². The van der Waals surface area contributed by atoms with E-state index in [1.807, 2.05) is 0 Å². The SMILES string of the molecule is O=C(O)[C@]1(c2ccccc2)C[C@@H](S(=O)(=O)O)CN1. The van der Waals surface area contributed by atoms with Crippen LogP contribution in [0.3, 0.4) is 0 Å². The quantitative estimate of drug-likeness (QED) is 0.679. The molecule has 1 fully saturated rings. The molecule has 0 aromatic heterocycles. The van der Waals surface area contributed by atoms with Gasteiger partial charge in [0, 0.05) is 13.0 Å². The molecule has 0 amide bonds. The third kappa shape index (κ3) is 2.12. The highest BCUT2D eigenvalue weighted by molar-refractivity contribution is 7.86. The van der Waals surface area contributed by atoms with Crippen molar-refractivity contribution in [2.24, 2.45) is 0 Å². The lowest BCUT2D eigenvalue weighted by Gasteiger charge is -2.24. The minimum Gasteiger partial charge on any atom is -0.480 e. The Kier molecular flexibility index (Phi) is 3.14. The molecule has 6 nitrogen and oxygen atoms in total. The number of hydrogen-bond donors (Lipinski definition) is 3. The number of carbonyl (C=O) groups is 1.